The van der Waals surface area contributed by atoms with Crippen LogP contribution in [0.25, 0.3) is 11.0 Å². The highest BCUT2D eigenvalue weighted by Gasteiger charge is 2.43. The number of aliphatic hydroxyl groups excluding tert-OH is 1. The number of rotatable bonds is 15. The van der Waals surface area contributed by atoms with Crippen molar-refractivity contribution >= 4 is 16.9 Å². The van der Waals surface area contributed by atoms with Gasteiger partial charge in [0.1, 0.15) is 5.58 Å². The molecule has 6 unspecified atom stereocenters. The lowest BCUT2D eigenvalue weighted by Crippen LogP contribution is -2.48. The average Bonchev–Trinajstić information content (AvgIpc) is 3.30. The zero-order valence-corrected chi connectivity index (χ0v) is 35.9. The maximum Gasteiger partial charge on any atom is 0.289 e. The molecule has 6 atom stereocenters. The van der Waals surface area contributed by atoms with Crippen LogP contribution in [0.15, 0.2) is 75.8 Å². The number of ether oxygens (including phenoxy) is 7. The fourth-order valence-electron chi connectivity index (χ4n) is 10.1. The van der Waals surface area contributed by atoms with E-state index in [0.29, 0.717) is 53.3 Å². The Morgan fingerprint density at radius 3 is 2.23 bits per heavy atom. The summed E-state index contributed by atoms with van der Waals surface area (Å²) in [7, 11) is 6.64. The normalized spacial score (nSPS) is 23.6. The first-order valence-electron chi connectivity index (χ1n) is 21.5. The van der Waals surface area contributed by atoms with Crippen molar-refractivity contribution in [1.29, 1.82) is 0 Å². The van der Waals surface area contributed by atoms with E-state index in [1.807, 2.05) is 29.2 Å². The maximum absolute atomic E-state index is 15.2. The summed E-state index contributed by atoms with van der Waals surface area (Å²) in [6.07, 6.45) is 6.93. The summed E-state index contributed by atoms with van der Waals surface area (Å²) in [6, 6.07) is 15.4. The van der Waals surface area contributed by atoms with Gasteiger partial charge in [0.15, 0.2) is 34.2 Å². The van der Waals surface area contributed by atoms with Gasteiger partial charge < -0.3 is 47.6 Å². The molecule has 0 bridgehead atoms. The lowest BCUT2D eigenvalue weighted by molar-refractivity contribution is -0.158. The summed E-state index contributed by atoms with van der Waals surface area (Å²) in [4.78, 5) is 33.7. The predicted octanol–water partition coefficient (Wildman–Crippen LogP) is 6.73. The van der Waals surface area contributed by atoms with Gasteiger partial charge in [-0.15, -0.1) is 0 Å². The fraction of sp³-hybridized carbons (Fsp3) is 0.500. The zero-order valence-electron chi connectivity index (χ0n) is 35.9. The molecular weight excluding hydrogens is 781 g/mol. The van der Waals surface area contributed by atoms with E-state index in [4.69, 9.17) is 37.6 Å². The highest BCUT2D eigenvalue weighted by Crippen LogP contribution is 2.50. The molecule has 61 heavy (non-hydrogen) atoms. The van der Waals surface area contributed by atoms with E-state index in [0.717, 1.165) is 61.4 Å². The van der Waals surface area contributed by atoms with Crippen molar-refractivity contribution in [3.8, 4) is 23.0 Å². The average molecular weight is 839 g/mol. The van der Waals surface area contributed by atoms with Gasteiger partial charge in [0.05, 0.1) is 72.6 Å². The number of methoxy groups -OCH3 is 4. The zero-order chi connectivity index (χ0) is 42.6. The Kier molecular flexibility index (Phi) is 13.2. The van der Waals surface area contributed by atoms with Gasteiger partial charge in [0.2, 0.25) is 6.29 Å². The highest BCUT2D eigenvalue weighted by molar-refractivity contribution is 5.92. The molecular formula is C48H58N2O11. The van der Waals surface area contributed by atoms with E-state index >= 15 is 4.79 Å². The maximum atomic E-state index is 15.2. The molecule has 0 spiro atoms. The molecule has 4 aliphatic heterocycles. The number of carbonyl (C=O) groups is 1. The van der Waals surface area contributed by atoms with Crippen molar-refractivity contribution < 1.29 is 47.5 Å². The third-order valence-electron chi connectivity index (χ3n) is 13.2. The summed E-state index contributed by atoms with van der Waals surface area (Å²) in [5, 5.41) is 9.66. The van der Waals surface area contributed by atoms with Gasteiger partial charge >= 0.3 is 0 Å². The molecule has 4 aromatic rings. The number of para-hydroxylation sites is 1. The quantitative estimate of drug-likeness (QED) is 0.127. The molecule has 1 aromatic heterocycles. The number of fused-ring (bicyclic) bond motifs is 5. The summed E-state index contributed by atoms with van der Waals surface area (Å²) in [6.45, 7) is 5.15. The molecule has 5 heterocycles. The molecule has 1 amide bonds. The Balaban J connectivity index is 1.15. The van der Waals surface area contributed by atoms with Gasteiger partial charge in [0, 0.05) is 43.6 Å². The molecule has 4 aliphatic rings. The summed E-state index contributed by atoms with van der Waals surface area (Å²) in [5.41, 5.74) is 5.47. The van der Waals surface area contributed by atoms with Crippen molar-refractivity contribution in [2.45, 2.75) is 69.7 Å². The lowest BCUT2D eigenvalue weighted by atomic mass is 9.72. The number of piperidine rings is 1. The Labute approximate surface area is 357 Å². The minimum absolute atomic E-state index is 0.101. The highest BCUT2D eigenvalue weighted by atomic mass is 16.7. The summed E-state index contributed by atoms with van der Waals surface area (Å²) < 4.78 is 47.0. The van der Waals surface area contributed by atoms with Crippen molar-refractivity contribution in [3.05, 3.63) is 105 Å². The first kappa shape index (κ1) is 42.6. The van der Waals surface area contributed by atoms with E-state index in [1.165, 1.54) is 17.4 Å². The minimum Gasteiger partial charge on any atom is -0.493 e. The number of carbonyl (C=O) groups excluding carboxylic acids is 1. The van der Waals surface area contributed by atoms with Gasteiger partial charge in [-0.2, -0.15) is 0 Å². The van der Waals surface area contributed by atoms with Crippen LogP contribution in [0.2, 0.25) is 0 Å². The third-order valence-corrected chi connectivity index (χ3v) is 13.2. The molecule has 3 aromatic carbocycles. The van der Waals surface area contributed by atoms with Gasteiger partial charge in [-0.1, -0.05) is 25.5 Å². The molecule has 0 saturated carbocycles. The summed E-state index contributed by atoms with van der Waals surface area (Å²) >= 11 is 0. The van der Waals surface area contributed by atoms with Crippen molar-refractivity contribution in [2.24, 2.45) is 11.8 Å². The van der Waals surface area contributed by atoms with Gasteiger partial charge in [-0.05, 0) is 102 Å². The molecule has 8 rings (SSSR count). The topological polar surface area (TPSA) is 139 Å². The van der Waals surface area contributed by atoms with Crippen LogP contribution in [0, 0.1) is 11.8 Å². The van der Waals surface area contributed by atoms with Crippen molar-refractivity contribution in [2.75, 3.05) is 74.5 Å². The predicted molar refractivity (Wildman–Crippen MR) is 228 cm³/mol. The standard InChI is InChI=1S/C48H58N2O11/c1-6-29-27-49-13-11-30-21-41(54-2)43(56-4)25-35(30)38(49)19-32(29)20-39-36-26-44(57-5)42(55-3)22-31(36)12-14-50(39)48(53)45-23-33(24-46(61-45)59-18-17-58-16-15-51)37-28-60-40-10-8-7-9-34(40)47(37)52/h7-10,21-23,25-26,28-29,32-33,38-39,46,51H,6,11-20,24,27H2,1-5H3. The van der Waals surface area contributed by atoms with Crippen LogP contribution in [0.4, 0.5) is 0 Å². The van der Waals surface area contributed by atoms with Crippen LogP contribution < -0.4 is 24.4 Å². The van der Waals surface area contributed by atoms with Crippen LogP contribution in [0.3, 0.4) is 0 Å². The molecule has 326 valence electrons. The Morgan fingerprint density at radius 1 is 0.820 bits per heavy atom. The molecule has 0 radical (unpaired) electrons. The largest absolute Gasteiger partial charge is 0.493 e. The van der Waals surface area contributed by atoms with E-state index in [2.05, 4.69) is 24.0 Å². The molecule has 1 saturated heterocycles. The second-order valence-electron chi connectivity index (χ2n) is 16.4. The van der Waals surface area contributed by atoms with E-state index in [1.54, 1.807) is 46.6 Å². The lowest BCUT2D eigenvalue weighted by Gasteiger charge is -2.49. The monoisotopic (exact) mass is 838 g/mol. The SMILES string of the molecule is CCC1CN2CCc3cc(OC)c(OC)cc3C2CC1CC1c2cc(OC)c(OC)cc2CCN1C(=O)C1=CC(c2coc3ccccc3c2=O)CC(OCCOCCO)O1. The molecule has 13 heteroatoms. The van der Waals surface area contributed by atoms with Crippen molar-refractivity contribution in [1.82, 2.24) is 9.80 Å². The van der Waals surface area contributed by atoms with Crippen LogP contribution in [-0.2, 0) is 31.8 Å². The van der Waals surface area contributed by atoms with Gasteiger partial charge in [-0.3, -0.25) is 14.5 Å². The third kappa shape index (κ3) is 8.58. The Hall–Kier alpha value is -5.08. The fourth-order valence-corrected chi connectivity index (χ4v) is 10.1. The van der Waals surface area contributed by atoms with Gasteiger partial charge in [-0.25, -0.2) is 0 Å². The first-order chi connectivity index (χ1) is 29.8. The number of amides is 1. The molecule has 1 N–H and O–H groups in total. The number of benzene rings is 3. The number of hydrogen-bond acceptors (Lipinski definition) is 12. The number of nitrogens with zero attached hydrogens (tertiary/aromatic N) is 2. The van der Waals surface area contributed by atoms with Crippen LogP contribution >= 0.6 is 0 Å². The van der Waals surface area contributed by atoms with E-state index in [9.17, 15) is 9.90 Å². The number of aliphatic hydroxyl groups is 1. The van der Waals surface area contributed by atoms with E-state index < -0.39 is 12.2 Å². The Morgan fingerprint density at radius 2 is 1.51 bits per heavy atom. The van der Waals surface area contributed by atoms with Crippen LogP contribution in [-0.4, -0.2) is 102 Å². The van der Waals surface area contributed by atoms with Crippen LogP contribution in [0.5, 0.6) is 23.0 Å². The van der Waals surface area contributed by atoms with Crippen molar-refractivity contribution in [3.63, 3.8) is 0 Å². The number of allylic oxidation sites excluding steroid dienone is 1. The van der Waals surface area contributed by atoms with Gasteiger partial charge in [0.25, 0.3) is 5.91 Å². The summed E-state index contributed by atoms with van der Waals surface area (Å²) in [5.74, 6) is 2.77. The molecule has 0 aliphatic carbocycles. The smallest absolute Gasteiger partial charge is 0.289 e. The number of hydrogen-bond donors (Lipinski definition) is 1. The second-order valence-corrected chi connectivity index (χ2v) is 16.4. The molecule has 1 fully saturated rings. The van der Waals surface area contributed by atoms with Crippen LogP contribution in [0.1, 0.15) is 78.4 Å². The minimum atomic E-state index is -0.840. The Bertz CT molecular complexity index is 2290. The second kappa shape index (κ2) is 18.9. The molecule has 13 nitrogen and oxygen atoms in total. The first-order valence-corrected chi connectivity index (χ1v) is 21.5. The van der Waals surface area contributed by atoms with E-state index in [-0.39, 0.29) is 61.5 Å².